The number of aryl methyl sites for hydroxylation is 2. The molecule has 1 fully saturated rings. The van der Waals surface area contributed by atoms with Crippen LogP contribution >= 0.6 is 0 Å². The molecule has 0 radical (unpaired) electrons. The summed E-state index contributed by atoms with van der Waals surface area (Å²) in [6, 6.07) is 12.2. The van der Waals surface area contributed by atoms with E-state index in [1.807, 2.05) is 57.1 Å². The number of hydrogen-bond donors (Lipinski definition) is 1. The molecule has 1 amide bonds. The van der Waals surface area contributed by atoms with E-state index in [0.29, 0.717) is 31.0 Å². The zero-order valence-corrected chi connectivity index (χ0v) is 19.1. The fourth-order valence-electron chi connectivity index (χ4n) is 3.78. The van der Waals surface area contributed by atoms with E-state index >= 15 is 0 Å². The third kappa shape index (κ3) is 4.75. The number of likely N-dealkylation sites (N-methyl/N-ethyl adjacent to an activating group) is 1. The first-order valence-corrected chi connectivity index (χ1v) is 10.6. The van der Waals surface area contributed by atoms with Crippen molar-refractivity contribution in [2.75, 3.05) is 33.8 Å². The molecule has 3 rings (SSSR count). The number of ether oxygens (including phenoxy) is 1. The Morgan fingerprint density at radius 2 is 1.84 bits per heavy atom. The topological polar surface area (TPSA) is 70.1 Å². The van der Waals surface area contributed by atoms with Crippen LogP contribution in [0.3, 0.4) is 0 Å². The standard InChI is InChI=1S/C26H30N2O4/c1-6-15-32-21-12-11-20(16-18(21)3)24(29)22-23(19-9-7-17(2)8-10-19)28(14-13-27(4)5)26(31)25(22)30/h6-12,16,23,29H,1,13-15H2,2-5H3/t23-/m0/s1. The normalized spacial score (nSPS) is 17.8. The fraction of sp³-hybridized carbons (Fsp3) is 0.308. The highest BCUT2D eigenvalue weighted by Gasteiger charge is 2.45. The molecule has 0 saturated carbocycles. The minimum atomic E-state index is -0.670. The van der Waals surface area contributed by atoms with Crippen molar-refractivity contribution in [2.45, 2.75) is 19.9 Å². The maximum absolute atomic E-state index is 13.1. The number of carbonyl (C=O) groups excluding carboxylic acids is 2. The van der Waals surface area contributed by atoms with E-state index in [1.54, 1.807) is 29.2 Å². The van der Waals surface area contributed by atoms with Gasteiger partial charge in [-0.3, -0.25) is 9.59 Å². The molecule has 1 atom stereocenters. The van der Waals surface area contributed by atoms with Crippen molar-refractivity contribution in [1.29, 1.82) is 0 Å². The summed E-state index contributed by atoms with van der Waals surface area (Å²) in [7, 11) is 3.83. The summed E-state index contributed by atoms with van der Waals surface area (Å²) >= 11 is 0. The number of carbonyl (C=O) groups is 2. The van der Waals surface area contributed by atoms with Gasteiger partial charge in [0.2, 0.25) is 0 Å². The molecule has 168 valence electrons. The molecule has 6 nitrogen and oxygen atoms in total. The summed E-state index contributed by atoms with van der Waals surface area (Å²) in [5.74, 6) is -0.777. The molecule has 1 heterocycles. The lowest BCUT2D eigenvalue weighted by Gasteiger charge is -2.26. The van der Waals surface area contributed by atoms with Crippen LogP contribution in [-0.4, -0.2) is 60.4 Å². The van der Waals surface area contributed by atoms with Crippen LogP contribution in [0.25, 0.3) is 5.76 Å². The lowest BCUT2D eigenvalue weighted by Crippen LogP contribution is -2.35. The summed E-state index contributed by atoms with van der Waals surface area (Å²) in [6.07, 6.45) is 1.66. The summed E-state index contributed by atoms with van der Waals surface area (Å²) in [5, 5.41) is 11.2. The van der Waals surface area contributed by atoms with Crippen LogP contribution in [-0.2, 0) is 9.59 Å². The maximum Gasteiger partial charge on any atom is 0.295 e. The summed E-state index contributed by atoms with van der Waals surface area (Å²) < 4.78 is 5.61. The monoisotopic (exact) mass is 434 g/mol. The van der Waals surface area contributed by atoms with Crippen LogP contribution in [0.4, 0.5) is 0 Å². The second kappa shape index (κ2) is 9.83. The van der Waals surface area contributed by atoms with Gasteiger partial charge in [-0.15, -0.1) is 0 Å². The number of aliphatic hydroxyl groups is 1. The number of Topliss-reactive ketones (excluding diaryl/α,β-unsaturated/α-hetero) is 1. The van der Waals surface area contributed by atoms with Gasteiger partial charge in [-0.05, 0) is 57.3 Å². The van der Waals surface area contributed by atoms with E-state index in [0.717, 1.165) is 16.7 Å². The molecule has 1 N–H and O–H groups in total. The molecule has 2 aromatic rings. The van der Waals surface area contributed by atoms with Gasteiger partial charge in [0.25, 0.3) is 11.7 Å². The van der Waals surface area contributed by atoms with E-state index in [1.165, 1.54) is 0 Å². The minimum absolute atomic E-state index is 0.108. The van der Waals surface area contributed by atoms with Crippen LogP contribution in [0.1, 0.15) is 28.3 Å². The second-order valence-electron chi connectivity index (χ2n) is 8.29. The summed E-state index contributed by atoms with van der Waals surface area (Å²) in [4.78, 5) is 29.5. The van der Waals surface area contributed by atoms with Crippen LogP contribution < -0.4 is 4.74 Å². The van der Waals surface area contributed by atoms with Gasteiger partial charge in [-0.25, -0.2) is 0 Å². The Morgan fingerprint density at radius 3 is 2.44 bits per heavy atom. The van der Waals surface area contributed by atoms with Crippen LogP contribution in [0, 0.1) is 13.8 Å². The Balaban J connectivity index is 2.09. The van der Waals surface area contributed by atoms with Crippen molar-refractivity contribution in [1.82, 2.24) is 9.80 Å². The van der Waals surface area contributed by atoms with E-state index < -0.39 is 17.7 Å². The predicted octanol–water partition coefficient (Wildman–Crippen LogP) is 3.85. The largest absolute Gasteiger partial charge is 0.507 e. The van der Waals surface area contributed by atoms with Crippen molar-refractivity contribution in [3.63, 3.8) is 0 Å². The highest BCUT2D eigenvalue weighted by atomic mass is 16.5. The molecule has 1 aliphatic heterocycles. The van der Waals surface area contributed by atoms with Crippen molar-refractivity contribution in [3.8, 4) is 5.75 Å². The number of likely N-dealkylation sites (tertiary alicyclic amines) is 1. The number of amides is 1. The molecule has 6 heteroatoms. The Morgan fingerprint density at radius 1 is 1.16 bits per heavy atom. The van der Waals surface area contributed by atoms with Gasteiger partial charge >= 0.3 is 0 Å². The SMILES string of the molecule is C=CCOc1ccc(C(O)=C2C(=O)C(=O)N(CCN(C)C)[C@H]2c2ccc(C)cc2)cc1C. The van der Waals surface area contributed by atoms with Gasteiger partial charge in [-0.1, -0.05) is 42.5 Å². The Kier molecular flexibility index (Phi) is 7.15. The Labute approximate surface area is 189 Å². The molecule has 0 aliphatic carbocycles. The van der Waals surface area contributed by atoms with E-state index in [4.69, 9.17) is 4.74 Å². The number of rotatable bonds is 8. The average molecular weight is 435 g/mol. The maximum atomic E-state index is 13.1. The third-order valence-corrected chi connectivity index (χ3v) is 5.53. The van der Waals surface area contributed by atoms with Crippen molar-refractivity contribution in [3.05, 3.63) is 82.9 Å². The Bertz CT molecular complexity index is 1050. The second-order valence-corrected chi connectivity index (χ2v) is 8.29. The molecule has 0 bridgehead atoms. The zero-order valence-electron chi connectivity index (χ0n) is 19.1. The van der Waals surface area contributed by atoms with E-state index in [2.05, 4.69) is 6.58 Å². The summed E-state index contributed by atoms with van der Waals surface area (Å²) in [5.41, 5.74) is 3.25. The first-order chi connectivity index (χ1) is 15.2. The first kappa shape index (κ1) is 23.3. The smallest absolute Gasteiger partial charge is 0.295 e. The van der Waals surface area contributed by atoms with Gasteiger partial charge in [-0.2, -0.15) is 0 Å². The van der Waals surface area contributed by atoms with Crippen LogP contribution in [0.15, 0.2) is 60.7 Å². The van der Waals surface area contributed by atoms with Gasteiger partial charge < -0.3 is 19.6 Å². The fourth-order valence-corrected chi connectivity index (χ4v) is 3.78. The molecular weight excluding hydrogens is 404 g/mol. The molecule has 1 aliphatic rings. The van der Waals surface area contributed by atoms with Gasteiger partial charge in [0.05, 0.1) is 11.6 Å². The summed E-state index contributed by atoms with van der Waals surface area (Å²) in [6.45, 7) is 8.83. The molecule has 2 aromatic carbocycles. The number of aliphatic hydroxyl groups excluding tert-OH is 1. The van der Waals surface area contributed by atoms with Crippen molar-refractivity contribution < 1.29 is 19.4 Å². The number of nitrogens with zero attached hydrogens (tertiary/aromatic N) is 2. The van der Waals surface area contributed by atoms with E-state index in [9.17, 15) is 14.7 Å². The lowest BCUT2D eigenvalue weighted by atomic mass is 9.94. The van der Waals surface area contributed by atoms with Crippen molar-refractivity contribution >= 4 is 17.4 Å². The predicted molar refractivity (Wildman–Crippen MR) is 126 cm³/mol. The van der Waals surface area contributed by atoms with E-state index in [-0.39, 0.29) is 11.3 Å². The van der Waals surface area contributed by atoms with Gasteiger partial charge in [0.15, 0.2) is 0 Å². The average Bonchev–Trinajstić information content (AvgIpc) is 3.01. The first-order valence-electron chi connectivity index (χ1n) is 10.6. The minimum Gasteiger partial charge on any atom is -0.507 e. The molecule has 0 unspecified atom stereocenters. The molecule has 32 heavy (non-hydrogen) atoms. The number of ketones is 1. The molecule has 1 saturated heterocycles. The molecule has 0 aromatic heterocycles. The molecule has 0 spiro atoms. The quantitative estimate of drug-likeness (QED) is 0.296. The highest BCUT2D eigenvalue weighted by molar-refractivity contribution is 6.46. The number of benzene rings is 2. The molecular formula is C26H30N2O4. The zero-order chi connectivity index (χ0) is 23.4. The van der Waals surface area contributed by atoms with Gasteiger partial charge in [0.1, 0.15) is 18.1 Å². The highest BCUT2D eigenvalue weighted by Crippen LogP contribution is 2.39. The number of hydrogen-bond acceptors (Lipinski definition) is 5. The van der Waals surface area contributed by atoms with Crippen LogP contribution in [0.2, 0.25) is 0 Å². The van der Waals surface area contributed by atoms with Crippen LogP contribution in [0.5, 0.6) is 5.75 Å². The Hall–Kier alpha value is -3.38. The lowest BCUT2D eigenvalue weighted by molar-refractivity contribution is -0.140. The third-order valence-electron chi connectivity index (χ3n) is 5.53. The van der Waals surface area contributed by atoms with Crippen molar-refractivity contribution in [2.24, 2.45) is 0 Å². The van der Waals surface area contributed by atoms with Gasteiger partial charge in [0, 0.05) is 18.7 Å².